The van der Waals surface area contributed by atoms with Crippen LogP contribution in [0.15, 0.2) is 24.3 Å². The van der Waals surface area contributed by atoms with Crippen molar-refractivity contribution in [2.24, 2.45) is 0 Å². The summed E-state index contributed by atoms with van der Waals surface area (Å²) in [4.78, 5) is 10.7. The van der Waals surface area contributed by atoms with Crippen molar-refractivity contribution in [3.63, 3.8) is 0 Å². The van der Waals surface area contributed by atoms with Crippen molar-refractivity contribution in [3.8, 4) is 0 Å². The first-order chi connectivity index (χ1) is 7.59. The maximum atomic E-state index is 10.7. The molecule has 0 aliphatic heterocycles. The van der Waals surface area contributed by atoms with Crippen molar-refractivity contribution < 1.29 is 15.0 Å². The predicted molar refractivity (Wildman–Crippen MR) is 60.5 cm³/mol. The molecule has 3 heteroatoms. The molecule has 0 atom stereocenters. The van der Waals surface area contributed by atoms with Crippen LogP contribution >= 0.6 is 0 Å². The number of aliphatic hydroxyl groups is 1. The molecule has 1 aromatic carbocycles. The molecule has 0 amide bonds. The second-order valence-electron chi connectivity index (χ2n) is 4.61. The highest BCUT2D eigenvalue weighted by Gasteiger charge is 2.30. The Kier molecular flexibility index (Phi) is 2.97. The number of carboxylic acids is 1. The Labute approximate surface area is 94.7 Å². The lowest BCUT2D eigenvalue weighted by molar-refractivity contribution is 0.0482. The van der Waals surface area contributed by atoms with Gasteiger partial charge in [0.1, 0.15) is 0 Å². The van der Waals surface area contributed by atoms with Gasteiger partial charge in [-0.2, -0.15) is 0 Å². The summed E-state index contributed by atoms with van der Waals surface area (Å²) in [7, 11) is 0. The van der Waals surface area contributed by atoms with Crippen molar-refractivity contribution in [2.45, 2.75) is 37.7 Å². The molecule has 16 heavy (non-hydrogen) atoms. The molecular formula is C13H16O3. The third-order valence-corrected chi connectivity index (χ3v) is 3.27. The highest BCUT2D eigenvalue weighted by molar-refractivity contribution is 5.87. The van der Waals surface area contributed by atoms with E-state index in [2.05, 4.69) is 0 Å². The smallest absolute Gasteiger partial charge is 0.335 e. The van der Waals surface area contributed by atoms with E-state index in [1.807, 2.05) is 0 Å². The van der Waals surface area contributed by atoms with E-state index >= 15 is 0 Å². The summed E-state index contributed by atoms with van der Waals surface area (Å²) in [5.74, 6) is -0.911. The van der Waals surface area contributed by atoms with Gasteiger partial charge in [0.05, 0.1) is 11.2 Å². The van der Waals surface area contributed by atoms with Gasteiger partial charge in [-0.3, -0.25) is 0 Å². The summed E-state index contributed by atoms with van der Waals surface area (Å²) in [5.41, 5.74) is 0.738. The van der Waals surface area contributed by atoms with Gasteiger partial charge in [-0.05, 0) is 30.5 Å². The number of hydrogen-bond donors (Lipinski definition) is 2. The average Bonchev–Trinajstić information content (AvgIpc) is 2.65. The molecule has 0 saturated heterocycles. The Morgan fingerprint density at radius 3 is 2.25 bits per heavy atom. The Morgan fingerprint density at radius 2 is 1.75 bits per heavy atom. The number of rotatable bonds is 3. The molecule has 0 radical (unpaired) electrons. The third-order valence-electron chi connectivity index (χ3n) is 3.27. The molecule has 2 rings (SSSR count). The van der Waals surface area contributed by atoms with Crippen LogP contribution in [0.25, 0.3) is 0 Å². The molecule has 0 bridgehead atoms. The Hall–Kier alpha value is -1.35. The standard InChI is InChI=1S/C13H16O3/c14-12(15)11-5-3-10(4-6-11)9-13(16)7-1-2-8-13/h3-6,16H,1-2,7-9H2,(H,14,15). The highest BCUT2D eigenvalue weighted by atomic mass is 16.4. The quantitative estimate of drug-likeness (QED) is 0.821. The van der Waals surface area contributed by atoms with Gasteiger partial charge in [0, 0.05) is 6.42 Å². The Balaban J connectivity index is 2.07. The maximum absolute atomic E-state index is 10.7. The number of hydrogen-bond acceptors (Lipinski definition) is 2. The Morgan fingerprint density at radius 1 is 1.19 bits per heavy atom. The van der Waals surface area contributed by atoms with Crippen molar-refractivity contribution in [3.05, 3.63) is 35.4 Å². The second-order valence-corrected chi connectivity index (χ2v) is 4.61. The van der Waals surface area contributed by atoms with Crippen LogP contribution in [-0.4, -0.2) is 21.8 Å². The molecule has 86 valence electrons. The van der Waals surface area contributed by atoms with E-state index in [9.17, 15) is 9.90 Å². The van der Waals surface area contributed by atoms with Crippen LogP contribution < -0.4 is 0 Å². The zero-order valence-corrected chi connectivity index (χ0v) is 9.15. The maximum Gasteiger partial charge on any atom is 0.335 e. The van der Waals surface area contributed by atoms with Gasteiger partial charge < -0.3 is 10.2 Å². The molecule has 2 N–H and O–H groups in total. The number of benzene rings is 1. The SMILES string of the molecule is O=C(O)c1ccc(CC2(O)CCCC2)cc1. The molecule has 1 fully saturated rings. The van der Waals surface area contributed by atoms with E-state index < -0.39 is 11.6 Å². The number of carboxylic acid groups (broad SMARTS) is 1. The van der Waals surface area contributed by atoms with Gasteiger partial charge >= 0.3 is 5.97 Å². The average molecular weight is 220 g/mol. The van der Waals surface area contributed by atoms with Crippen LogP contribution in [0.3, 0.4) is 0 Å². The van der Waals surface area contributed by atoms with Gasteiger partial charge in [0.2, 0.25) is 0 Å². The van der Waals surface area contributed by atoms with Crippen molar-refractivity contribution >= 4 is 5.97 Å². The lowest BCUT2D eigenvalue weighted by Crippen LogP contribution is -2.26. The Bertz CT molecular complexity index is 375. The van der Waals surface area contributed by atoms with Crippen LogP contribution in [0.1, 0.15) is 41.6 Å². The molecule has 1 aliphatic carbocycles. The van der Waals surface area contributed by atoms with Crippen molar-refractivity contribution in [1.29, 1.82) is 0 Å². The normalized spacial score (nSPS) is 18.6. The monoisotopic (exact) mass is 220 g/mol. The van der Waals surface area contributed by atoms with Crippen LogP contribution in [-0.2, 0) is 6.42 Å². The van der Waals surface area contributed by atoms with Crippen molar-refractivity contribution in [1.82, 2.24) is 0 Å². The van der Waals surface area contributed by atoms with Crippen LogP contribution in [0.2, 0.25) is 0 Å². The van der Waals surface area contributed by atoms with E-state index in [0.29, 0.717) is 12.0 Å². The largest absolute Gasteiger partial charge is 0.478 e. The summed E-state index contributed by atoms with van der Waals surface area (Å²) < 4.78 is 0. The predicted octanol–water partition coefficient (Wildman–Crippen LogP) is 2.23. The van der Waals surface area contributed by atoms with Gasteiger partial charge in [0.25, 0.3) is 0 Å². The second kappa shape index (κ2) is 4.26. The first-order valence-electron chi connectivity index (χ1n) is 5.64. The van der Waals surface area contributed by atoms with E-state index in [1.54, 1.807) is 24.3 Å². The zero-order valence-electron chi connectivity index (χ0n) is 9.15. The molecular weight excluding hydrogens is 204 g/mol. The van der Waals surface area contributed by atoms with E-state index in [4.69, 9.17) is 5.11 Å². The minimum atomic E-state index is -0.911. The summed E-state index contributed by atoms with van der Waals surface area (Å²) in [6.07, 6.45) is 4.52. The molecule has 0 unspecified atom stereocenters. The van der Waals surface area contributed by atoms with Gasteiger partial charge in [-0.15, -0.1) is 0 Å². The number of carbonyl (C=O) groups is 1. The summed E-state index contributed by atoms with van der Waals surface area (Å²) in [5, 5.41) is 19.0. The molecule has 3 nitrogen and oxygen atoms in total. The lowest BCUT2D eigenvalue weighted by atomic mass is 9.93. The molecule has 0 heterocycles. The molecule has 0 aromatic heterocycles. The minimum absolute atomic E-state index is 0.294. The minimum Gasteiger partial charge on any atom is -0.478 e. The third kappa shape index (κ3) is 2.42. The highest BCUT2D eigenvalue weighted by Crippen LogP contribution is 2.32. The molecule has 1 aromatic rings. The lowest BCUT2D eigenvalue weighted by Gasteiger charge is -2.21. The zero-order chi connectivity index (χ0) is 11.6. The molecule has 1 saturated carbocycles. The van der Waals surface area contributed by atoms with Crippen LogP contribution in [0, 0.1) is 0 Å². The van der Waals surface area contributed by atoms with Crippen LogP contribution in [0.5, 0.6) is 0 Å². The fourth-order valence-corrected chi connectivity index (χ4v) is 2.36. The van der Waals surface area contributed by atoms with Gasteiger partial charge in [0.15, 0.2) is 0 Å². The first kappa shape index (κ1) is 11.1. The number of aromatic carboxylic acids is 1. The topological polar surface area (TPSA) is 57.5 Å². The first-order valence-corrected chi connectivity index (χ1v) is 5.64. The summed E-state index contributed by atoms with van der Waals surface area (Å²) in [6, 6.07) is 6.77. The van der Waals surface area contributed by atoms with E-state index in [-0.39, 0.29) is 0 Å². The molecule has 0 spiro atoms. The van der Waals surface area contributed by atoms with E-state index in [1.165, 1.54) is 0 Å². The van der Waals surface area contributed by atoms with Gasteiger partial charge in [-0.25, -0.2) is 4.79 Å². The summed E-state index contributed by atoms with van der Waals surface area (Å²) >= 11 is 0. The van der Waals surface area contributed by atoms with Gasteiger partial charge in [-0.1, -0.05) is 25.0 Å². The van der Waals surface area contributed by atoms with Crippen molar-refractivity contribution in [2.75, 3.05) is 0 Å². The molecule has 1 aliphatic rings. The van der Waals surface area contributed by atoms with E-state index in [0.717, 1.165) is 31.2 Å². The fraction of sp³-hybridized carbons (Fsp3) is 0.462. The summed E-state index contributed by atoms with van der Waals surface area (Å²) in [6.45, 7) is 0. The van der Waals surface area contributed by atoms with Crippen LogP contribution in [0.4, 0.5) is 0 Å². The fourth-order valence-electron chi connectivity index (χ4n) is 2.36.